The van der Waals surface area contributed by atoms with Crippen LogP contribution in [0, 0.1) is 5.92 Å². The fourth-order valence-electron chi connectivity index (χ4n) is 3.60. The van der Waals surface area contributed by atoms with Gasteiger partial charge in [-0.05, 0) is 43.0 Å². The quantitative estimate of drug-likeness (QED) is 0.789. The molecular formula is C19H25ClF3N3O3. The van der Waals surface area contributed by atoms with Crippen LogP contribution in [0.2, 0.25) is 0 Å². The maximum Gasteiger partial charge on any atom is 0.416 e. The van der Waals surface area contributed by atoms with Gasteiger partial charge in [-0.25, -0.2) is 0 Å². The van der Waals surface area contributed by atoms with Gasteiger partial charge in [-0.2, -0.15) is 13.2 Å². The summed E-state index contributed by atoms with van der Waals surface area (Å²) in [5, 5.41) is 0. The van der Waals surface area contributed by atoms with Gasteiger partial charge >= 0.3 is 6.18 Å². The number of alkyl halides is 3. The zero-order chi connectivity index (χ0) is 20.3. The van der Waals surface area contributed by atoms with Crippen molar-refractivity contribution < 1.29 is 27.5 Å². The molecule has 6 nitrogen and oxygen atoms in total. The molecule has 10 heteroatoms. The first-order valence-electron chi connectivity index (χ1n) is 9.36. The third-order valence-electron chi connectivity index (χ3n) is 5.40. The summed E-state index contributed by atoms with van der Waals surface area (Å²) in [4.78, 5) is 28.4. The molecule has 162 valence electrons. The van der Waals surface area contributed by atoms with Crippen LogP contribution in [0.1, 0.15) is 28.8 Å². The first-order valence-corrected chi connectivity index (χ1v) is 9.36. The van der Waals surface area contributed by atoms with Crippen LogP contribution in [0.25, 0.3) is 0 Å². The number of hydrogen-bond acceptors (Lipinski definition) is 4. The number of nitrogens with two attached hydrogens (primary N) is 1. The smallest absolute Gasteiger partial charge is 0.381 e. The Morgan fingerprint density at radius 1 is 1.00 bits per heavy atom. The maximum absolute atomic E-state index is 12.6. The van der Waals surface area contributed by atoms with E-state index >= 15 is 0 Å². The fourth-order valence-corrected chi connectivity index (χ4v) is 3.60. The van der Waals surface area contributed by atoms with E-state index in [2.05, 4.69) is 0 Å². The van der Waals surface area contributed by atoms with E-state index in [9.17, 15) is 22.8 Å². The molecule has 3 rings (SSSR count). The Bertz CT molecular complexity index is 701. The van der Waals surface area contributed by atoms with Crippen molar-refractivity contribution in [2.75, 3.05) is 39.4 Å². The van der Waals surface area contributed by atoms with Gasteiger partial charge in [0.2, 0.25) is 5.91 Å². The van der Waals surface area contributed by atoms with Crippen molar-refractivity contribution in [3.8, 4) is 0 Å². The highest BCUT2D eigenvalue weighted by Crippen LogP contribution is 2.29. The summed E-state index contributed by atoms with van der Waals surface area (Å²) in [5.74, 6) is -0.351. The van der Waals surface area contributed by atoms with E-state index in [1.807, 2.05) is 0 Å². The molecule has 0 aromatic heterocycles. The number of halogens is 4. The van der Waals surface area contributed by atoms with Crippen molar-refractivity contribution in [2.24, 2.45) is 11.7 Å². The van der Waals surface area contributed by atoms with Gasteiger partial charge in [-0.1, -0.05) is 0 Å². The van der Waals surface area contributed by atoms with Gasteiger partial charge in [-0.15, -0.1) is 12.4 Å². The van der Waals surface area contributed by atoms with Crippen molar-refractivity contribution in [1.29, 1.82) is 0 Å². The van der Waals surface area contributed by atoms with Crippen LogP contribution in [0.4, 0.5) is 13.2 Å². The molecule has 2 aliphatic heterocycles. The summed E-state index contributed by atoms with van der Waals surface area (Å²) >= 11 is 0. The molecule has 1 atom stereocenters. The molecule has 2 heterocycles. The summed E-state index contributed by atoms with van der Waals surface area (Å²) in [6.07, 6.45) is -2.91. The third kappa shape index (κ3) is 5.61. The molecule has 1 unspecified atom stereocenters. The lowest BCUT2D eigenvalue weighted by Gasteiger charge is -2.37. The van der Waals surface area contributed by atoms with Gasteiger partial charge < -0.3 is 20.3 Å². The van der Waals surface area contributed by atoms with E-state index < -0.39 is 17.8 Å². The predicted octanol–water partition coefficient (Wildman–Crippen LogP) is 2.17. The van der Waals surface area contributed by atoms with E-state index in [-0.39, 0.29) is 35.7 Å². The molecule has 2 fully saturated rings. The summed E-state index contributed by atoms with van der Waals surface area (Å²) in [6.45, 7) is 2.60. The van der Waals surface area contributed by atoms with Gasteiger partial charge in [-0.3, -0.25) is 9.59 Å². The number of piperazine rings is 1. The molecule has 0 radical (unpaired) electrons. The first-order chi connectivity index (χ1) is 13.3. The standard InChI is InChI=1S/C19H24F3N3O3.ClH/c20-19(21,22)15-3-1-14(2-4-15)17(26)24-7-9-25(10-8-24)18(27)16(23)13-5-11-28-12-6-13;/h1-4,13,16H,5-12,23H2;1H. The van der Waals surface area contributed by atoms with Crippen LogP contribution in [0.3, 0.4) is 0 Å². The Morgan fingerprint density at radius 3 is 2.03 bits per heavy atom. The maximum atomic E-state index is 12.6. The molecule has 29 heavy (non-hydrogen) atoms. The molecule has 2 N–H and O–H groups in total. The zero-order valence-electron chi connectivity index (χ0n) is 15.9. The Labute approximate surface area is 173 Å². The average molecular weight is 436 g/mol. The minimum Gasteiger partial charge on any atom is -0.381 e. The molecule has 1 aromatic rings. The zero-order valence-corrected chi connectivity index (χ0v) is 16.7. The molecule has 2 amide bonds. The van der Waals surface area contributed by atoms with E-state index in [0.717, 1.165) is 25.0 Å². The minimum absolute atomic E-state index is 0. The number of carbonyl (C=O) groups excluding carboxylic acids is 2. The molecule has 2 aliphatic rings. The third-order valence-corrected chi connectivity index (χ3v) is 5.40. The lowest BCUT2D eigenvalue weighted by Crippen LogP contribution is -2.56. The normalized spacial score (nSPS) is 19.4. The minimum atomic E-state index is -4.43. The molecule has 0 bridgehead atoms. The van der Waals surface area contributed by atoms with Crippen LogP contribution >= 0.6 is 12.4 Å². The molecule has 0 spiro atoms. The van der Waals surface area contributed by atoms with Crippen molar-refractivity contribution in [3.63, 3.8) is 0 Å². The molecule has 0 aliphatic carbocycles. The predicted molar refractivity (Wildman–Crippen MR) is 103 cm³/mol. The Hall–Kier alpha value is -1.84. The molecule has 2 saturated heterocycles. The molecule has 1 aromatic carbocycles. The van der Waals surface area contributed by atoms with Gasteiger partial charge in [0.1, 0.15) is 0 Å². The van der Waals surface area contributed by atoms with Crippen LogP contribution < -0.4 is 5.73 Å². The Balaban J connectivity index is 0.00000300. The molecule has 0 saturated carbocycles. The van der Waals surface area contributed by atoms with Crippen LogP contribution in [0.15, 0.2) is 24.3 Å². The number of amides is 2. The second kappa shape index (κ2) is 9.77. The van der Waals surface area contributed by atoms with E-state index in [0.29, 0.717) is 39.4 Å². The summed E-state index contributed by atoms with van der Waals surface area (Å²) in [7, 11) is 0. The Morgan fingerprint density at radius 2 is 1.52 bits per heavy atom. The van der Waals surface area contributed by atoms with Gasteiger partial charge in [0.05, 0.1) is 11.6 Å². The average Bonchev–Trinajstić information content (AvgIpc) is 2.72. The van der Waals surface area contributed by atoms with Gasteiger partial charge in [0, 0.05) is 45.0 Å². The lowest BCUT2D eigenvalue weighted by molar-refractivity contribution is -0.137. The summed E-state index contributed by atoms with van der Waals surface area (Å²) in [5.41, 5.74) is 5.55. The summed E-state index contributed by atoms with van der Waals surface area (Å²) in [6, 6.07) is 3.61. The second-order valence-electron chi connectivity index (χ2n) is 7.17. The van der Waals surface area contributed by atoms with Crippen molar-refractivity contribution >= 4 is 24.2 Å². The fraction of sp³-hybridized carbons (Fsp3) is 0.579. The van der Waals surface area contributed by atoms with Crippen LogP contribution in [-0.4, -0.2) is 67.0 Å². The highest BCUT2D eigenvalue weighted by Gasteiger charge is 2.33. The first kappa shape index (κ1) is 23.4. The van der Waals surface area contributed by atoms with E-state index in [4.69, 9.17) is 10.5 Å². The largest absolute Gasteiger partial charge is 0.416 e. The van der Waals surface area contributed by atoms with Crippen LogP contribution in [-0.2, 0) is 15.7 Å². The SMILES string of the molecule is Cl.NC(C(=O)N1CCN(C(=O)c2ccc(C(F)(F)F)cc2)CC1)C1CCOCC1. The van der Waals surface area contributed by atoms with Crippen molar-refractivity contribution in [3.05, 3.63) is 35.4 Å². The van der Waals surface area contributed by atoms with Gasteiger partial charge in [0.15, 0.2) is 0 Å². The van der Waals surface area contributed by atoms with E-state index in [1.54, 1.807) is 9.80 Å². The van der Waals surface area contributed by atoms with Crippen LogP contribution in [0.5, 0.6) is 0 Å². The Kier molecular flexibility index (Phi) is 7.90. The number of hydrogen-bond donors (Lipinski definition) is 1. The number of benzene rings is 1. The highest BCUT2D eigenvalue weighted by molar-refractivity contribution is 5.94. The number of nitrogens with zero attached hydrogens (tertiary/aromatic N) is 2. The molecular weight excluding hydrogens is 411 g/mol. The second-order valence-corrected chi connectivity index (χ2v) is 7.17. The number of ether oxygens (including phenoxy) is 1. The topological polar surface area (TPSA) is 75.9 Å². The lowest BCUT2D eigenvalue weighted by atomic mass is 9.91. The van der Waals surface area contributed by atoms with Gasteiger partial charge in [0.25, 0.3) is 5.91 Å². The number of carbonyl (C=O) groups is 2. The van der Waals surface area contributed by atoms with Crippen molar-refractivity contribution in [1.82, 2.24) is 9.80 Å². The number of rotatable bonds is 3. The van der Waals surface area contributed by atoms with Crippen molar-refractivity contribution in [2.45, 2.75) is 25.1 Å². The highest BCUT2D eigenvalue weighted by atomic mass is 35.5. The monoisotopic (exact) mass is 435 g/mol. The van der Waals surface area contributed by atoms with E-state index in [1.165, 1.54) is 12.1 Å². The summed E-state index contributed by atoms with van der Waals surface area (Å²) < 4.78 is 43.2.